The van der Waals surface area contributed by atoms with Gasteiger partial charge in [-0.25, -0.2) is 0 Å². The molecule has 0 unspecified atom stereocenters. The molecule has 0 aromatic heterocycles. The first-order valence-corrected chi connectivity index (χ1v) is 5.63. The fourth-order valence-corrected chi connectivity index (χ4v) is 1.40. The number of hydrogen-bond donors (Lipinski definition) is 1. The molecule has 0 spiro atoms. The lowest BCUT2D eigenvalue weighted by Crippen LogP contribution is -2.23. The monoisotopic (exact) mass is 202 g/mol. The molecular weight excluding hydrogens is 176 g/mol. The second-order valence-corrected chi connectivity index (χ2v) is 3.81. The standard InChI is InChI=1S/C11H26N2O/c1-12-8-6-4-5-7-9-13(2)10-11-14-3/h12H,4-11H2,1-3H3. The van der Waals surface area contributed by atoms with Gasteiger partial charge in [-0.15, -0.1) is 0 Å². The largest absolute Gasteiger partial charge is 0.383 e. The Balaban J connectivity index is 3.02. The van der Waals surface area contributed by atoms with Crippen LogP contribution in [0.1, 0.15) is 25.7 Å². The SMILES string of the molecule is CNCCCCCCN(C)CCOC. The second-order valence-electron chi connectivity index (χ2n) is 3.81. The molecule has 3 heteroatoms. The highest BCUT2D eigenvalue weighted by molar-refractivity contribution is 4.52. The lowest BCUT2D eigenvalue weighted by molar-refractivity contribution is 0.160. The predicted octanol–water partition coefficient (Wildman–Crippen LogP) is 1.34. The Morgan fingerprint density at radius 3 is 2.43 bits per heavy atom. The zero-order valence-electron chi connectivity index (χ0n) is 10.0. The number of rotatable bonds is 10. The molecule has 3 nitrogen and oxygen atoms in total. The summed E-state index contributed by atoms with van der Waals surface area (Å²) in [6, 6.07) is 0. The number of ether oxygens (including phenoxy) is 1. The molecule has 0 heterocycles. The lowest BCUT2D eigenvalue weighted by atomic mass is 10.2. The Morgan fingerprint density at radius 1 is 1.07 bits per heavy atom. The van der Waals surface area contributed by atoms with Gasteiger partial charge in [0.2, 0.25) is 0 Å². The summed E-state index contributed by atoms with van der Waals surface area (Å²) < 4.78 is 5.02. The zero-order valence-corrected chi connectivity index (χ0v) is 10.0. The van der Waals surface area contributed by atoms with E-state index in [0.717, 1.165) is 19.7 Å². The Labute approximate surface area is 88.8 Å². The number of nitrogens with zero attached hydrogens (tertiary/aromatic N) is 1. The molecule has 86 valence electrons. The number of methoxy groups -OCH3 is 1. The van der Waals surface area contributed by atoms with Gasteiger partial charge in [-0.2, -0.15) is 0 Å². The van der Waals surface area contributed by atoms with E-state index < -0.39 is 0 Å². The molecule has 0 aliphatic rings. The average Bonchev–Trinajstić information content (AvgIpc) is 2.20. The van der Waals surface area contributed by atoms with Crippen LogP contribution < -0.4 is 5.32 Å². The Kier molecular flexibility index (Phi) is 10.9. The van der Waals surface area contributed by atoms with Crippen LogP contribution in [0.2, 0.25) is 0 Å². The van der Waals surface area contributed by atoms with Crippen molar-refractivity contribution in [3.8, 4) is 0 Å². The number of unbranched alkanes of at least 4 members (excludes halogenated alkanes) is 3. The van der Waals surface area contributed by atoms with E-state index in [-0.39, 0.29) is 0 Å². The van der Waals surface area contributed by atoms with E-state index in [1.165, 1.54) is 32.2 Å². The second kappa shape index (κ2) is 11.0. The number of likely N-dealkylation sites (N-methyl/N-ethyl adjacent to an activating group) is 1. The molecule has 0 aliphatic carbocycles. The molecule has 0 fully saturated rings. The fourth-order valence-electron chi connectivity index (χ4n) is 1.40. The minimum Gasteiger partial charge on any atom is -0.383 e. The highest BCUT2D eigenvalue weighted by Crippen LogP contribution is 2.00. The third kappa shape index (κ3) is 9.96. The van der Waals surface area contributed by atoms with Gasteiger partial charge in [-0.05, 0) is 40.0 Å². The normalized spacial score (nSPS) is 11.1. The molecule has 0 radical (unpaired) electrons. The van der Waals surface area contributed by atoms with Crippen molar-refractivity contribution in [1.82, 2.24) is 10.2 Å². The van der Waals surface area contributed by atoms with Crippen LogP contribution in [0.3, 0.4) is 0 Å². The number of hydrogen-bond acceptors (Lipinski definition) is 3. The number of nitrogens with one attached hydrogen (secondary N) is 1. The van der Waals surface area contributed by atoms with Crippen molar-refractivity contribution >= 4 is 0 Å². The van der Waals surface area contributed by atoms with E-state index in [1.54, 1.807) is 7.11 Å². The van der Waals surface area contributed by atoms with Crippen LogP contribution in [0.15, 0.2) is 0 Å². The van der Waals surface area contributed by atoms with Crippen molar-refractivity contribution in [3.63, 3.8) is 0 Å². The summed E-state index contributed by atoms with van der Waals surface area (Å²) in [7, 11) is 5.93. The topological polar surface area (TPSA) is 24.5 Å². The molecule has 0 aliphatic heterocycles. The van der Waals surface area contributed by atoms with Crippen molar-refractivity contribution < 1.29 is 4.74 Å². The average molecular weight is 202 g/mol. The molecule has 0 saturated carbocycles. The fraction of sp³-hybridized carbons (Fsp3) is 1.00. The van der Waals surface area contributed by atoms with Crippen molar-refractivity contribution in [1.29, 1.82) is 0 Å². The van der Waals surface area contributed by atoms with Crippen molar-refractivity contribution in [2.45, 2.75) is 25.7 Å². The summed E-state index contributed by atoms with van der Waals surface area (Å²) in [5, 5.41) is 3.17. The molecular formula is C11H26N2O. The lowest BCUT2D eigenvalue weighted by Gasteiger charge is -2.15. The minimum atomic E-state index is 0.844. The van der Waals surface area contributed by atoms with Gasteiger partial charge in [0.05, 0.1) is 6.61 Å². The van der Waals surface area contributed by atoms with E-state index in [0.29, 0.717) is 0 Å². The summed E-state index contributed by atoms with van der Waals surface area (Å²) in [6.07, 6.45) is 5.31. The highest BCUT2D eigenvalue weighted by atomic mass is 16.5. The van der Waals surface area contributed by atoms with Crippen LogP contribution >= 0.6 is 0 Å². The van der Waals surface area contributed by atoms with Crippen LogP contribution in [-0.2, 0) is 4.74 Å². The molecule has 0 bridgehead atoms. The first-order chi connectivity index (χ1) is 6.81. The highest BCUT2D eigenvalue weighted by Gasteiger charge is 1.96. The van der Waals surface area contributed by atoms with Gasteiger partial charge in [-0.3, -0.25) is 0 Å². The molecule has 0 saturated heterocycles. The van der Waals surface area contributed by atoms with Gasteiger partial charge in [-0.1, -0.05) is 12.8 Å². The molecule has 1 N–H and O–H groups in total. The minimum absolute atomic E-state index is 0.844. The third-order valence-corrected chi connectivity index (χ3v) is 2.39. The molecule has 0 aromatic carbocycles. The summed E-state index contributed by atoms with van der Waals surface area (Å²) >= 11 is 0. The van der Waals surface area contributed by atoms with E-state index in [1.807, 2.05) is 7.05 Å². The van der Waals surface area contributed by atoms with Crippen LogP contribution in [0.5, 0.6) is 0 Å². The van der Waals surface area contributed by atoms with E-state index in [2.05, 4.69) is 17.3 Å². The smallest absolute Gasteiger partial charge is 0.0589 e. The molecule has 0 rings (SSSR count). The maximum atomic E-state index is 5.02. The van der Waals surface area contributed by atoms with Gasteiger partial charge in [0, 0.05) is 13.7 Å². The molecule has 0 amide bonds. The maximum Gasteiger partial charge on any atom is 0.0589 e. The van der Waals surface area contributed by atoms with Gasteiger partial charge in [0.25, 0.3) is 0 Å². The molecule has 14 heavy (non-hydrogen) atoms. The van der Waals surface area contributed by atoms with Gasteiger partial charge in [0.1, 0.15) is 0 Å². The van der Waals surface area contributed by atoms with Crippen LogP contribution in [-0.4, -0.2) is 52.3 Å². The van der Waals surface area contributed by atoms with Crippen molar-refractivity contribution in [2.24, 2.45) is 0 Å². The summed E-state index contributed by atoms with van der Waals surface area (Å²) in [5.41, 5.74) is 0. The van der Waals surface area contributed by atoms with E-state index in [9.17, 15) is 0 Å². The van der Waals surface area contributed by atoms with Crippen LogP contribution in [0.25, 0.3) is 0 Å². The maximum absolute atomic E-state index is 5.02. The van der Waals surface area contributed by atoms with E-state index in [4.69, 9.17) is 4.74 Å². The summed E-state index contributed by atoms with van der Waals surface area (Å²) in [6.45, 7) is 4.24. The van der Waals surface area contributed by atoms with Gasteiger partial charge >= 0.3 is 0 Å². The Bertz CT molecular complexity index is 109. The first kappa shape index (κ1) is 13.9. The van der Waals surface area contributed by atoms with Crippen molar-refractivity contribution in [3.05, 3.63) is 0 Å². The Morgan fingerprint density at radius 2 is 1.79 bits per heavy atom. The molecule has 0 atom stereocenters. The van der Waals surface area contributed by atoms with Crippen LogP contribution in [0, 0.1) is 0 Å². The van der Waals surface area contributed by atoms with Gasteiger partial charge < -0.3 is 15.0 Å². The van der Waals surface area contributed by atoms with Gasteiger partial charge in [0.15, 0.2) is 0 Å². The zero-order chi connectivity index (χ0) is 10.6. The first-order valence-electron chi connectivity index (χ1n) is 5.63. The summed E-state index contributed by atoms with van der Waals surface area (Å²) in [5.74, 6) is 0. The molecule has 0 aromatic rings. The van der Waals surface area contributed by atoms with E-state index >= 15 is 0 Å². The Hall–Kier alpha value is -0.120. The van der Waals surface area contributed by atoms with Crippen LogP contribution in [0.4, 0.5) is 0 Å². The summed E-state index contributed by atoms with van der Waals surface area (Å²) in [4.78, 5) is 2.33. The predicted molar refractivity (Wildman–Crippen MR) is 61.8 cm³/mol. The third-order valence-electron chi connectivity index (χ3n) is 2.39. The quantitative estimate of drug-likeness (QED) is 0.541. The van der Waals surface area contributed by atoms with Crippen molar-refractivity contribution in [2.75, 3.05) is 47.4 Å².